The SMILES string of the molecule is CCS(=O)(=O)N1CCC(c2nn3c(c2C(C)C)O[C@H](C)CC3)CC1. The zero-order valence-corrected chi connectivity index (χ0v) is 16.0. The van der Waals surface area contributed by atoms with Crippen LogP contribution in [0.15, 0.2) is 0 Å². The van der Waals surface area contributed by atoms with Gasteiger partial charge in [0, 0.05) is 37.5 Å². The summed E-state index contributed by atoms with van der Waals surface area (Å²) in [4.78, 5) is 0. The van der Waals surface area contributed by atoms with Gasteiger partial charge in [0.2, 0.25) is 15.9 Å². The molecule has 24 heavy (non-hydrogen) atoms. The molecular formula is C17H29N3O3S. The number of piperidine rings is 1. The first kappa shape index (κ1) is 17.7. The van der Waals surface area contributed by atoms with E-state index in [1.807, 2.05) is 4.68 Å². The number of hydrogen-bond acceptors (Lipinski definition) is 4. The summed E-state index contributed by atoms with van der Waals surface area (Å²) in [6, 6.07) is 0. The first-order valence-corrected chi connectivity index (χ1v) is 10.7. The van der Waals surface area contributed by atoms with E-state index in [2.05, 4.69) is 20.8 Å². The zero-order chi connectivity index (χ0) is 17.5. The molecule has 3 heterocycles. The van der Waals surface area contributed by atoms with Crippen molar-refractivity contribution in [1.82, 2.24) is 14.1 Å². The minimum Gasteiger partial charge on any atom is -0.475 e. The Bertz CT molecular complexity index is 688. The van der Waals surface area contributed by atoms with Crippen molar-refractivity contribution in [2.24, 2.45) is 0 Å². The van der Waals surface area contributed by atoms with Crippen LogP contribution in [-0.4, -0.2) is 47.4 Å². The lowest BCUT2D eigenvalue weighted by atomic mass is 9.89. The monoisotopic (exact) mass is 355 g/mol. The predicted octanol–water partition coefficient (Wildman–Crippen LogP) is 2.71. The smallest absolute Gasteiger partial charge is 0.215 e. The average molecular weight is 356 g/mol. The molecule has 0 bridgehead atoms. The molecule has 0 amide bonds. The molecule has 6 nitrogen and oxygen atoms in total. The van der Waals surface area contributed by atoms with E-state index < -0.39 is 10.0 Å². The standard InChI is InChI=1S/C17H29N3O3S/c1-5-24(21,22)19-9-7-14(8-10-19)16-15(12(2)3)17-20(18-16)11-6-13(4)23-17/h12-14H,5-11H2,1-4H3/t13-/m1/s1. The van der Waals surface area contributed by atoms with Gasteiger partial charge in [-0.2, -0.15) is 5.10 Å². The van der Waals surface area contributed by atoms with Crippen molar-refractivity contribution in [2.75, 3.05) is 18.8 Å². The number of aryl methyl sites for hydroxylation is 1. The van der Waals surface area contributed by atoms with Crippen LogP contribution in [0.4, 0.5) is 0 Å². The molecule has 3 rings (SSSR count). The average Bonchev–Trinajstić information content (AvgIpc) is 2.93. The van der Waals surface area contributed by atoms with Crippen LogP contribution in [0, 0.1) is 0 Å². The molecule has 0 unspecified atom stereocenters. The topological polar surface area (TPSA) is 64.4 Å². The van der Waals surface area contributed by atoms with Crippen LogP contribution in [-0.2, 0) is 16.6 Å². The zero-order valence-electron chi connectivity index (χ0n) is 15.2. The van der Waals surface area contributed by atoms with E-state index in [0.717, 1.165) is 37.4 Å². The second-order valence-electron chi connectivity index (χ2n) is 7.27. The first-order valence-electron chi connectivity index (χ1n) is 9.08. The molecule has 0 aromatic carbocycles. The Hall–Kier alpha value is -1.08. The van der Waals surface area contributed by atoms with Crippen LogP contribution in [0.5, 0.6) is 5.88 Å². The van der Waals surface area contributed by atoms with E-state index in [9.17, 15) is 8.42 Å². The highest BCUT2D eigenvalue weighted by atomic mass is 32.2. The molecule has 0 radical (unpaired) electrons. The fourth-order valence-corrected chi connectivity index (χ4v) is 4.87. The number of nitrogens with zero attached hydrogens (tertiary/aromatic N) is 3. The predicted molar refractivity (Wildman–Crippen MR) is 94.0 cm³/mol. The maximum atomic E-state index is 12.1. The van der Waals surface area contributed by atoms with Crippen molar-refractivity contribution in [2.45, 2.75) is 71.4 Å². The molecule has 0 spiro atoms. The Morgan fingerprint density at radius 1 is 1.21 bits per heavy atom. The number of aromatic nitrogens is 2. The molecule has 1 atom stereocenters. The van der Waals surface area contributed by atoms with Crippen molar-refractivity contribution >= 4 is 10.0 Å². The van der Waals surface area contributed by atoms with Gasteiger partial charge in [0.15, 0.2) is 0 Å². The summed E-state index contributed by atoms with van der Waals surface area (Å²) in [6.07, 6.45) is 2.89. The molecule has 0 saturated carbocycles. The van der Waals surface area contributed by atoms with E-state index in [4.69, 9.17) is 9.84 Å². The van der Waals surface area contributed by atoms with Gasteiger partial charge in [-0.25, -0.2) is 17.4 Å². The largest absolute Gasteiger partial charge is 0.475 e. The third kappa shape index (κ3) is 3.20. The van der Waals surface area contributed by atoms with Gasteiger partial charge in [-0.05, 0) is 32.6 Å². The van der Waals surface area contributed by atoms with Gasteiger partial charge in [-0.15, -0.1) is 0 Å². The minimum atomic E-state index is -3.08. The lowest BCUT2D eigenvalue weighted by Gasteiger charge is -2.30. The highest BCUT2D eigenvalue weighted by Crippen LogP contribution is 2.40. The van der Waals surface area contributed by atoms with Gasteiger partial charge < -0.3 is 4.74 Å². The summed E-state index contributed by atoms with van der Waals surface area (Å²) in [5.41, 5.74) is 2.35. The second-order valence-corrected chi connectivity index (χ2v) is 9.53. The van der Waals surface area contributed by atoms with E-state index in [1.54, 1.807) is 11.2 Å². The van der Waals surface area contributed by atoms with E-state index in [0.29, 0.717) is 24.9 Å². The summed E-state index contributed by atoms with van der Waals surface area (Å²) in [6.45, 7) is 10.3. The van der Waals surface area contributed by atoms with Gasteiger partial charge >= 0.3 is 0 Å². The molecule has 1 saturated heterocycles. The van der Waals surface area contributed by atoms with Crippen LogP contribution >= 0.6 is 0 Å². The molecule has 136 valence electrons. The lowest BCUT2D eigenvalue weighted by Crippen LogP contribution is -2.39. The summed E-state index contributed by atoms with van der Waals surface area (Å²) >= 11 is 0. The molecule has 0 N–H and O–H groups in total. The van der Waals surface area contributed by atoms with Gasteiger partial charge in [0.05, 0.1) is 17.6 Å². The molecule has 0 aliphatic carbocycles. The van der Waals surface area contributed by atoms with Crippen LogP contribution in [0.2, 0.25) is 0 Å². The highest BCUT2D eigenvalue weighted by molar-refractivity contribution is 7.89. The van der Waals surface area contributed by atoms with Crippen LogP contribution in [0.3, 0.4) is 0 Å². The summed E-state index contributed by atoms with van der Waals surface area (Å²) < 4.78 is 33.8. The Balaban J connectivity index is 1.84. The van der Waals surface area contributed by atoms with Crippen molar-refractivity contribution in [3.63, 3.8) is 0 Å². The maximum Gasteiger partial charge on any atom is 0.215 e. The van der Waals surface area contributed by atoms with Crippen molar-refractivity contribution in [1.29, 1.82) is 0 Å². The van der Waals surface area contributed by atoms with Gasteiger partial charge in [-0.3, -0.25) is 0 Å². The van der Waals surface area contributed by atoms with Crippen LogP contribution < -0.4 is 4.74 Å². The number of rotatable bonds is 4. The molecular weight excluding hydrogens is 326 g/mol. The molecule has 1 fully saturated rings. The fourth-order valence-electron chi connectivity index (χ4n) is 3.74. The molecule has 2 aliphatic rings. The van der Waals surface area contributed by atoms with Crippen LogP contribution in [0.25, 0.3) is 0 Å². The van der Waals surface area contributed by atoms with Crippen molar-refractivity contribution in [3.05, 3.63) is 11.3 Å². The summed E-state index contributed by atoms with van der Waals surface area (Å²) in [5, 5.41) is 4.86. The Morgan fingerprint density at radius 2 is 1.88 bits per heavy atom. The van der Waals surface area contributed by atoms with Gasteiger partial charge in [0.1, 0.15) is 0 Å². The molecule has 1 aromatic heterocycles. The highest BCUT2D eigenvalue weighted by Gasteiger charge is 2.34. The molecule has 2 aliphatic heterocycles. The van der Waals surface area contributed by atoms with E-state index in [-0.39, 0.29) is 11.9 Å². The van der Waals surface area contributed by atoms with Crippen molar-refractivity contribution in [3.8, 4) is 5.88 Å². The minimum absolute atomic E-state index is 0.180. The third-order valence-corrected chi connectivity index (χ3v) is 7.09. The number of hydrogen-bond donors (Lipinski definition) is 0. The molecule has 1 aromatic rings. The normalized spacial score (nSPS) is 23.3. The van der Waals surface area contributed by atoms with E-state index >= 15 is 0 Å². The van der Waals surface area contributed by atoms with E-state index in [1.165, 1.54) is 5.56 Å². The Morgan fingerprint density at radius 3 is 2.46 bits per heavy atom. The number of ether oxygens (including phenoxy) is 1. The number of fused-ring (bicyclic) bond motifs is 1. The van der Waals surface area contributed by atoms with Gasteiger partial charge in [-0.1, -0.05) is 13.8 Å². The Kier molecular flexibility index (Phi) is 4.93. The van der Waals surface area contributed by atoms with Crippen LogP contribution in [0.1, 0.15) is 70.1 Å². The fraction of sp³-hybridized carbons (Fsp3) is 0.824. The second kappa shape index (κ2) is 6.67. The quantitative estimate of drug-likeness (QED) is 0.833. The Labute approximate surface area is 145 Å². The summed E-state index contributed by atoms with van der Waals surface area (Å²) in [5.74, 6) is 1.79. The maximum absolute atomic E-state index is 12.1. The molecule has 7 heteroatoms. The summed E-state index contributed by atoms with van der Waals surface area (Å²) in [7, 11) is -3.08. The van der Waals surface area contributed by atoms with Gasteiger partial charge in [0.25, 0.3) is 0 Å². The van der Waals surface area contributed by atoms with Crippen molar-refractivity contribution < 1.29 is 13.2 Å². The lowest BCUT2D eigenvalue weighted by molar-refractivity contribution is 0.147. The first-order chi connectivity index (χ1) is 11.3. The number of sulfonamides is 1. The third-order valence-electron chi connectivity index (χ3n) is 5.21.